The standard InChI is InChI=1S/C21H24ClFN2O5S/c1-24(31(28,29)19-11-9-18(23)10-12-19)13-3-4-20(26)25(15-21(27)30-2)14-16-5-7-17(22)8-6-16/h5-12H,3-4,13-15H2,1-2H3. The highest BCUT2D eigenvalue weighted by Crippen LogP contribution is 2.16. The molecule has 0 fully saturated rings. The maximum Gasteiger partial charge on any atom is 0.325 e. The number of halogens is 2. The number of methoxy groups -OCH3 is 1. The van der Waals surface area contributed by atoms with Crippen molar-refractivity contribution in [3.8, 4) is 0 Å². The van der Waals surface area contributed by atoms with Crippen LogP contribution in [0, 0.1) is 5.82 Å². The molecule has 0 radical (unpaired) electrons. The van der Waals surface area contributed by atoms with Crippen molar-refractivity contribution in [2.24, 2.45) is 0 Å². The summed E-state index contributed by atoms with van der Waals surface area (Å²) >= 11 is 5.88. The highest BCUT2D eigenvalue weighted by Gasteiger charge is 2.22. The smallest absolute Gasteiger partial charge is 0.325 e. The van der Waals surface area contributed by atoms with E-state index >= 15 is 0 Å². The topological polar surface area (TPSA) is 84.0 Å². The Kier molecular flexibility index (Phi) is 8.97. The lowest BCUT2D eigenvalue weighted by molar-refractivity contribution is -0.147. The van der Waals surface area contributed by atoms with Crippen LogP contribution in [0.4, 0.5) is 4.39 Å². The molecule has 0 bridgehead atoms. The van der Waals surface area contributed by atoms with Gasteiger partial charge in [0.25, 0.3) is 0 Å². The molecule has 0 aliphatic rings. The third-order valence-corrected chi connectivity index (χ3v) is 6.70. The lowest BCUT2D eigenvalue weighted by atomic mass is 10.2. The van der Waals surface area contributed by atoms with Gasteiger partial charge in [0.2, 0.25) is 15.9 Å². The van der Waals surface area contributed by atoms with Crippen molar-refractivity contribution >= 4 is 33.5 Å². The highest BCUT2D eigenvalue weighted by atomic mass is 35.5. The number of hydrogen-bond donors (Lipinski definition) is 0. The molecule has 2 aromatic carbocycles. The van der Waals surface area contributed by atoms with Crippen LogP contribution in [0.25, 0.3) is 0 Å². The molecular weight excluding hydrogens is 447 g/mol. The summed E-state index contributed by atoms with van der Waals surface area (Å²) in [5.41, 5.74) is 0.789. The molecule has 10 heteroatoms. The predicted molar refractivity (Wildman–Crippen MR) is 114 cm³/mol. The number of benzene rings is 2. The highest BCUT2D eigenvalue weighted by molar-refractivity contribution is 7.89. The normalized spacial score (nSPS) is 11.4. The Morgan fingerprint density at radius 3 is 2.26 bits per heavy atom. The number of sulfonamides is 1. The Bertz CT molecular complexity index is 997. The van der Waals surface area contributed by atoms with Crippen LogP contribution in [-0.4, -0.2) is 56.7 Å². The summed E-state index contributed by atoms with van der Waals surface area (Å²) in [6, 6.07) is 11.4. The third-order valence-electron chi connectivity index (χ3n) is 4.57. The van der Waals surface area contributed by atoms with E-state index in [0.717, 1.165) is 22.0 Å². The van der Waals surface area contributed by atoms with E-state index < -0.39 is 21.8 Å². The monoisotopic (exact) mass is 470 g/mol. The van der Waals surface area contributed by atoms with Gasteiger partial charge in [-0.25, -0.2) is 17.1 Å². The van der Waals surface area contributed by atoms with Crippen molar-refractivity contribution in [2.75, 3.05) is 27.2 Å². The number of amides is 1. The third kappa shape index (κ3) is 7.30. The molecule has 31 heavy (non-hydrogen) atoms. The number of nitrogens with zero attached hydrogens (tertiary/aromatic N) is 2. The van der Waals surface area contributed by atoms with E-state index in [4.69, 9.17) is 11.6 Å². The van der Waals surface area contributed by atoms with E-state index in [1.54, 1.807) is 24.3 Å². The van der Waals surface area contributed by atoms with Gasteiger partial charge < -0.3 is 9.64 Å². The zero-order valence-electron chi connectivity index (χ0n) is 17.3. The van der Waals surface area contributed by atoms with Crippen molar-refractivity contribution in [3.63, 3.8) is 0 Å². The first-order valence-electron chi connectivity index (χ1n) is 9.44. The largest absolute Gasteiger partial charge is 0.468 e. The molecule has 0 aliphatic heterocycles. The van der Waals surface area contributed by atoms with Crippen LogP contribution in [0.15, 0.2) is 53.4 Å². The van der Waals surface area contributed by atoms with E-state index in [1.165, 1.54) is 31.2 Å². The summed E-state index contributed by atoms with van der Waals surface area (Å²) in [5.74, 6) is -1.40. The van der Waals surface area contributed by atoms with Crippen molar-refractivity contribution in [2.45, 2.75) is 24.3 Å². The van der Waals surface area contributed by atoms with Crippen LogP contribution in [-0.2, 0) is 30.9 Å². The second-order valence-electron chi connectivity index (χ2n) is 6.84. The number of carbonyl (C=O) groups is 2. The fourth-order valence-corrected chi connectivity index (χ4v) is 4.12. The molecule has 0 heterocycles. The Morgan fingerprint density at radius 2 is 1.68 bits per heavy atom. The summed E-state index contributed by atoms with van der Waals surface area (Å²) in [7, 11) is -1.16. The first-order valence-corrected chi connectivity index (χ1v) is 11.3. The second kappa shape index (κ2) is 11.2. The minimum absolute atomic E-state index is 0.0298. The molecule has 0 N–H and O–H groups in total. The molecule has 0 aliphatic carbocycles. The first-order chi connectivity index (χ1) is 14.6. The molecule has 0 saturated heterocycles. The van der Waals surface area contributed by atoms with E-state index in [2.05, 4.69) is 4.74 Å². The van der Waals surface area contributed by atoms with E-state index in [-0.39, 0.29) is 43.3 Å². The Morgan fingerprint density at radius 1 is 1.06 bits per heavy atom. The van der Waals surface area contributed by atoms with Gasteiger partial charge in [0.1, 0.15) is 12.4 Å². The number of esters is 1. The molecule has 7 nitrogen and oxygen atoms in total. The van der Waals surface area contributed by atoms with Gasteiger partial charge in [-0.3, -0.25) is 9.59 Å². The Hall–Kier alpha value is -2.49. The van der Waals surface area contributed by atoms with Crippen LogP contribution in [0.5, 0.6) is 0 Å². The SMILES string of the molecule is COC(=O)CN(Cc1ccc(Cl)cc1)C(=O)CCCN(C)S(=O)(=O)c1ccc(F)cc1. The molecule has 2 aromatic rings. The predicted octanol–water partition coefficient (Wildman–Crippen LogP) is 3.08. The van der Waals surface area contributed by atoms with Gasteiger partial charge in [-0.2, -0.15) is 0 Å². The minimum atomic E-state index is -3.79. The van der Waals surface area contributed by atoms with Crippen molar-refractivity contribution in [3.05, 3.63) is 64.9 Å². The van der Waals surface area contributed by atoms with Crippen molar-refractivity contribution in [1.82, 2.24) is 9.21 Å². The van der Waals surface area contributed by atoms with Gasteiger partial charge in [0, 0.05) is 31.6 Å². The summed E-state index contributed by atoms with van der Waals surface area (Å²) in [4.78, 5) is 25.7. The average molecular weight is 471 g/mol. The van der Waals surface area contributed by atoms with Gasteiger partial charge in [0.05, 0.1) is 12.0 Å². The van der Waals surface area contributed by atoms with Gasteiger partial charge in [0.15, 0.2) is 0 Å². The van der Waals surface area contributed by atoms with Crippen molar-refractivity contribution in [1.29, 1.82) is 0 Å². The van der Waals surface area contributed by atoms with Gasteiger partial charge >= 0.3 is 5.97 Å². The van der Waals surface area contributed by atoms with Crippen LogP contribution in [0.2, 0.25) is 5.02 Å². The molecule has 2 rings (SSSR count). The lowest BCUT2D eigenvalue weighted by Gasteiger charge is -2.22. The van der Waals surface area contributed by atoms with E-state index in [1.807, 2.05) is 0 Å². The quantitative estimate of drug-likeness (QED) is 0.498. The van der Waals surface area contributed by atoms with Crippen molar-refractivity contribution < 1.29 is 27.1 Å². The maximum atomic E-state index is 13.0. The number of ether oxygens (including phenoxy) is 1. The summed E-state index contributed by atoms with van der Waals surface area (Å²) < 4.78 is 43.9. The van der Waals surface area contributed by atoms with Crippen LogP contribution in [0.1, 0.15) is 18.4 Å². The zero-order valence-corrected chi connectivity index (χ0v) is 18.8. The summed E-state index contributed by atoms with van der Waals surface area (Å²) in [5, 5.41) is 0.556. The Labute approximate surface area is 186 Å². The molecule has 0 spiro atoms. The first kappa shape index (κ1) is 24.8. The molecule has 0 unspecified atom stereocenters. The molecule has 1 amide bonds. The van der Waals surface area contributed by atoms with Gasteiger partial charge in [-0.1, -0.05) is 23.7 Å². The van der Waals surface area contributed by atoms with E-state index in [9.17, 15) is 22.4 Å². The van der Waals surface area contributed by atoms with Crippen LogP contribution in [0.3, 0.4) is 0 Å². The average Bonchev–Trinajstić information content (AvgIpc) is 2.74. The van der Waals surface area contributed by atoms with Gasteiger partial charge in [-0.05, 0) is 48.4 Å². The zero-order chi connectivity index (χ0) is 23.0. The molecular formula is C21H24ClFN2O5S. The number of hydrogen-bond acceptors (Lipinski definition) is 5. The molecule has 0 saturated carbocycles. The molecule has 0 aromatic heterocycles. The Balaban J connectivity index is 1.98. The fourth-order valence-electron chi connectivity index (χ4n) is 2.78. The van der Waals surface area contributed by atoms with Gasteiger partial charge in [-0.15, -0.1) is 0 Å². The fraction of sp³-hybridized carbons (Fsp3) is 0.333. The lowest BCUT2D eigenvalue weighted by Crippen LogP contribution is -2.36. The minimum Gasteiger partial charge on any atom is -0.468 e. The second-order valence-corrected chi connectivity index (χ2v) is 9.32. The molecule has 0 atom stereocenters. The summed E-state index contributed by atoms with van der Waals surface area (Å²) in [6.45, 7) is 0.0506. The number of rotatable bonds is 10. The van der Waals surface area contributed by atoms with Crippen LogP contribution >= 0.6 is 11.6 Å². The summed E-state index contributed by atoms with van der Waals surface area (Å²) in [6.07, 6.45) is 0.280. The molecule has 168 valence electrons. The maximum absolute atomic E-state index is 13.0. The van der Waals surface area contributed by atoms with E-state index in [0.29, 0.717) is 5.02 Å². The van der Waals surface area contributed by atoms with Crippen LogP contribution < -0.4 is 0 Å². The number of carbonyl (C=O) groups excluding carboxylic acids is 2.